The summed E-state index contributed by atoms with van der Waals surface area (Å²) in [6.07, 6.45) is 12.5. The number of unbranched alkanes of at least 4 members (excludes halogenated alkanes) is 1. The van der Waals surface area contributed by atoms with E-state index >= 15 is 0 Å². The highest BCUT2D eigenvalue weighted by molar-refractivity contribution is 5.81. The first-order valence-corrected chi connectivity index (χ1v) is 15.0. The minimum absolute atomic E-state index is 0.0406. The molecule has 3 unspecified atom stereocenters. The average molecular weight is 556 g/mol. The fourth-order valence-corrected chi connectivity index (χ4v) is 6.62. The summed E-state index contributed by atoms with van der Waals surface area (Å²) in [5.41, 5.74) is 4.68. The topological polar surface area (TPSA) is 111 Å². The molecule has 41 heavy (non-hydrogen) atoms. The fourth-order valence-electron chi connectivity index (χ4n) is 6.62. The fraction of sp³-hybridized carbons (Fsp3) is 0.500. The molecule has 0 bridgehead atoms. The van der Waals surface area contributed by atoms with Crippen molar-refractivity contribution in [2.45, 2.75) is 85.2 Å². The lowest BCUT2D eigenvalue weighted by Gasteiger charge is -2.33. The van der Waals surface area contributed by atoms with Crippen molar-refractivity contribution in [2.24, 2.45) is 17.8 Å². The van der Waals surface area contributed by atoms with E-state index in [4.69, 9.17) is 0 Å². The minimum atomic E-state index is -0.145. The zero-order chi connectivity index (χ0) is 28.9. The molecule has 1 N–H and O–H groups in total. The number of rotatable bonds is 10. The number of tetrazole rings is 1. The summed E-state index contributed by atoms with van der Waals surface area (Å²) >= 11 is 0. The standard InChI is InChI=1S/C32H41N7O2/c1-5-6-11-24-20-39(30-25(21(2)3)12-7-8-13-26(30)22(4)40)32(41)38(24)19-23-18-33-17-16-27(23)28-14-9-10-15-29(28)31-34-36-37-35-31/h9-10,14-18,20-21,25-26,30H,5-8,11-13,19H2,1-4H3,(H,34,35,36,37). The number of benzene rings is 1. The Balaban J connectivity index is 1.62. The van der Waals surface area contributed by atoms with Crippen LogP contribution >= 0.6 is 0 Å². The molecule has 3 heterocycles. The summed E-state index contributed by atoms with van der Waals surface area (Å²) in [4.78, 5) is 31.8. The van der Waals surface area contributed by atoms with Gasteiger partial charge >= 0.3 is 5.69 Å². The molecule has 0 amide bonds. The van der Waals surface area contributed by atoms with Crippen molar-refractivity contribution >= 4 is 5.78 Å². The molecule has 0 spiro atoms. The van der Waals surface area contributed by atoms with E-state index in [1.807, 2.05) is 45.7 Å². The summed E-state index contributed by atoms with van der Waals surface area (Å²) in [6, 6.07) is 9.79. The minimum Gasteiger partial charge on any atom is -0.300 e. The Labute approximate surface area is 241 Å². The monoisotopic (exact) mass is 555 g/mol. The van der Waals surface area contributed by atoms with Gasteiger partial charge in [-0.1, -0.05) is 64.3 Å². The number of Topliss-reactive ketones (excluding diaryl/α,β-unsaturated/α-hetero) is 1. The van der Waals surface area contributed by atoms with Crippen LogP contribution in [0.4, 0.5) is 0 Å². The van der Waals surface area contributed by atoms with Crippen LogP contribution in [0.25, 0.3) is 22.5 Å². The van der Waals surface area contributed by atoms with Crippen LogP contribution in [-0.4, -0.2) is 40.5 Å². The van der Waals surface area contributed by atoms with E-state index in [9.17, 15) is 9.59 Å². The molecule has 0 aliphatic heterocycles. The second-order valence-electron chi connectivity index (χ2n) is 11.7. The largest absolute Gasteiger partial charge is 0.328 e. The summed E-state index contributed by atoms with van der Waals surface area (Å²) in [6.45, 7) is 8.70. The van der Waals surface area contributed by atoms with Crippen molar-refractivity contribution in [1.29, 1.82) is 0 Å². The lowest BCUT2D eigenvalue weighted by atomic mass is 9.78. The van der Waals surface area contributed by atoms with Crippen LogP contribution in [0.5, 0.6) is 0 Å². The number of aryl methyl sites for hydroxylation is 1. The molecule has 9 heteroatoms. The first-order valence-electron chi connectivity index (χ1n) is 15.0. The van der Waals surface area contributed by atoms with Crippen LogP contribution in [0.3, 0.4) is 0 Å². The van der Waals surface area contributed by atoms with E-state index < -0.39 is 0 Å². The lowest BCUT2D eigenvalue weighted by Crippen LogP contribution is -2.38. The molecular formula is C32H41N7O2. The second-order valence-corrected chi connectivity index (χ2v) is 11.7. The van der Waals surface area contributed by atoms with Crippen LogP contribution in [0.15, 0.2) is 53.7 Å². The maximum absolute atomic E-state index is 14.4. The number of imidazole rings is 1. The molecule has 1 saturated carbocycles. The summed E-state index contributed by atoms with van der Waals surface area (Å²) in [5.74, 6) is 1.20. The van der Waals surface area contributed by atoms with Crippen LogP contribution in [0.1, 0.15) is 83.5 Å². The van der Waals surface area contributed by atoms with Gasteiger partial charge < -0.3 is 0 Å². The number of H-pyrrole nitrogens is 1. The third-order valence-corrected chi connectivity index (χ3v) is 8.76. The molecule has 3 atom stereocenters. The van der Waals surface area contributed by atoms with Crippen LogP contribution < -0.4 is 5.69 Å². The molecule has 1 aromatic carbocycles. The Bertz CT molecular complexity index is 1520. The number of hydrogen-bond donors (Lipinski definition) is 1. The van der Waals surface area contributed by atoms with Crippen molar-refractivity contribution in [2.75, 3.05) is 0 Å². The highest BCUT2D eigenvalue weighted by Crippen LogP contribution is 2.41. The average Bonchev–Trinajstić information content (AvgIpc) is 3.54. The van der Waals surface area contributed by atoms with Gasteiger partial charge in [0.15, 0.2) is 0 Å². The molecule has 1 aliphatic carbocycles. The zero-order valence-corrected chi connectivity index (χ0v) is 24.6. The normalized spacial score (nSPS) is 19.4. The second kappa shape index (κ2) is 12.7. The Morgan fingerprint density at radius 2 is 1.88 bits per heavy atom. The smallest absolute Gasteiger partial charge is 0.300 e. The SMILES string of the molecule is CCCCc1cn(C2C(C(C)=O)CCCCC2C(C)C)c(=O)n1Cc1cnccc1-c1ccccc1-c1nn[nH]n1. The number of aromatic nitrogens is 7. The molecule has 1 aliphatic rings. The van der Waals surface area contributed by atoms with E-state index in [0.29, 0.717) is 18.3 Å². The Morgan fingerprint density at radius 3 is 2.59 bits per heavy atom. The first kappa shape index (κ1) is 28.6. The molecule has 9 nitrogen and oxygen atoms in total. The number of carbonyl (C=O) groups is 1. The van der Waals surface area contributed by atoms with Gasteiger partial charge in [0.1, 0.15) is 5.78 Å². The highest BCUT2D eigenvalue weighted by Gasteiger charge is 2.38. The van der Waals surface area contributed by atoms with Crippen molar-refractivity contribution < 1.29 is 4.79 Å². The third kappa shape index (κ3) is 5.94. The lowest BCUT2D eigenvalue weighted by molar-refractivity contribution is -0.123. The van der Waals surface area contributed by atoms with Gasteiger partial charge in [0.2, 0.25) is 5.82 Å². The number of nitrogens with one attached hydrogen (secondary N) is 1. The number of carbonyl (C=O) groups excluding carboxylic acids is 1. The Hall–Kier alpha value is -3.88. The van der Waals surface area contributed by atoms with Gasteiger partial charge in [-0.2, -0.15) is 5.21 Å². The summed E-state index contributed by atoms with van der Waals surface area (Å²) in [7, 11) is 0. The van der Waals surface area contributed by atoms with E-state index in [1.54, 1.807) is 13.1 Å². The van der Waals surface area contributed by atoms with Crippen LogP contribution in [-0.2, 0) is 17.8 Å². The number of pyridine rings is 1. The molecule has 0 saturated heterocycles. The van der Waals surface area contributed by atoms with Gasteiger partial charge in [0.25, 0.3) is 0 Å². The number of aromatic amines is 1. The zero-order valence-electron chi connectivity index (χ0n) is 24.6. The van der Waals surface area contributed by atoms with Gasteiger partial charge in [-0.15, -0.1) is 10.2 Å². The van der Waals surface area contributed by atoms with E-state index in [2.05, 4.69) is 52.6 Å². The molecular weight excluding hydrogens is 514 g/mol. The number of hydrogen-bond acceptors (Lipinski definition) is 6. The van der Waals surface area contributed by atoms with E-state index in [-0.39, 0.29) is 29.4 Å². The first-order chi connectivity index (χ1) is 19.9. The molecule has 3 aromatic heterocycles. The van der Waals surface area contributed by atoms with Gasteiger partial charge in [0, 0.05) is 35.8 Å². The summed E-state index contributed by atoms with van der Waals surface area (Å²) in [5, 5.41) is 14.7. The maximum Gasteiger partial charge on any atom is 0.328 e. The molecule has 5 rings (SSSR count). The molecule has 1 fully saturated rings. The van der Waals surface area contributed by atoms with Gasteiger partial charge in [0.05, 0.1) is 12.6 Å². The van der Waals surface area contributed by atoms with Gasteiger partial charge in [-0.25, -0.2) is 4.79 Å². The van der Waals surface area contributed by atoms with Crippen LogP contribution in [0.2, 0.25) is 0 Å². The summed E-state index contributed by atoms with van der Waals surface area (Å²) < 4.78 is 3.84. The van der Waals surface area contributed by atoms with Crippen molar-refractivity contribution in [3.8, 4) is 22.5 Å². The molecule has 4 aromatic rings. The van der Waals surface area contributed by atoms with Crippen molar-refractivity contribution in [3.63, 3.8) is 0 Å². The Kier molecular flexibility index (Phi) is 8.90. The maximum atomic E-state index is 14.4. The quantitative estimate of drug-likeness (QED) is 0.245. The van der Waals surface area contributed by atoms with E-state index in [0.717, 1.165) is 72.9 Å². The number of nitrogens with zero attached hydrogens (tertiary/aromatic N) is 6. The Morgan fingerprint density at radius 1 is 1.10 bits per heavy atom. The van der Waals surface area contributed by atoms with Crippen LogP contribution in [0, 0.1) is 17.8 Å². The van der Waals surface area contributed by atoms with E-state index in [1.165, 1.54) is 0 Å². The highest BCUT2D eigenvalue weighted by atomic mass is 16.2. The molecule has 216 valence electrons. The van der Waals surface area contributed by atoms with Crippen molar-refractivity contribution in [1.82, 2.24) is 34.7 Å². The predicted molar refractivity (Wildman–Crippen MR) is 159 cm³/mol. The van der Waals surface area contributed by atoms with Gasteiger partial charge in [-0.05, 0) is 72.4 Å². The molecule has 0 radical (unpaired) electrons. The van der Waals surface area contributed by atoms with Gasteiger partial charge in [-0.3, -0.25) is 18.9 Å². The number of ketones is 1. The predicted octanol–water partition coefficient (Wildman–Crippen LogP) is 5.88. The third-order valence-electron chi connectivity index (χ3n) is 8.76. The van der Waals surface area contributed by atoms with Crippen molar-refractivity contribution in [3.05, 3.63) is 70.7 Å².